The monoisotopic (exact) mass is 552 g/mol. The van der Waals surface area contributed by atoms with Gasteiger partial charge in [0.15, 0.2) is 5.82 Å². The number of carbonyl (C=O) groups is 2. The van der Waals surface area contributed by atoms with Gasteiger partial charge in [0.05, 0.1) is 23.9 Å². The minimum absolute atomic E-state index is 0.0643. The number of aromatic nitrogens is 4. The zero-order valence-electron chi connectivity index (χ0n) is 22.7. The normalized spacial score (nSPS) is 21.5. The smallest absolute Gasteiger partial charge is 0.410 e. The van der Waals surface area contributed by atoms with Gasteiger partial charge in [-0.2, -0.15) is 0 Å². The molecule has 40 heavy (non-hydrogen) atoms. The van der Waals surface area contributed by atoms with Crippen LogP contribution in [0.25, 0.3) is 22.3 Å². The first-order valence-corrected chi connectivity index (χ1v) is 13.2. The van der Waals surface area contributed by atoms with E-state index in [1.54, 1.807) is 33.0 Å². The average molecular weight is 553 g/mol. The second-order valence-corrected chi connectivity index (χ2v) is 11.2. The first kappa shape index (κ1) is 27.4. The van der Waals surface area contributed by atoms with Crippen LogP contribution >= 0.6 is 0 Å². The largest absolute Gasteiger partial charge is 0.444 e. The number of hydrogen-bond donors (Lipinski definition) is 3. The highest BCUT2D eigenvalue weighted by Gasteiger charge is 2.33. The second kappa shape index (κ2) is 10.8. The molecule has 2 amide bonds. The van der Waals surface area contributed by atoms with Crippen LogP contribution in [0.2, 0.25) is 0 Å². The Morgan fingerprint density at radius 1 is 1.15 bits per heavy atom. The summed E-state index contributed by atoms with van der Waals surface area (Å²) < 4.78 is 20.1. The van der Waals surface area contributed by atoms with E-state index in [0.717, 1.165) is 5.82 Å². The summed E-state index contributed by atoms with van der Waals surface area (Å²) in [6.45, 7) is 6.63. The number of ether oxygens (including phenoxy) is 1. The first-order valence-electron chi connectivity index (χ1n) is 13.2. The molecule has 13 heteroatoms. The minimum Gasteiger partial charge on any atom is -0.444 e. The van der Waals surface area contributed by atoms with Crippen LogP contribution < -0.4 is 16.0 Å². The Kier molecular flexibility index (Phi) is 7.41. The first-order chi connectivity index (χ1) is 19.0. The lowest BCUT2D eigenvalue weighted by molar-refractivity contribution is 0.0124. The molecule has 0 saturated carbocycles. The van der Waals surface area contributed by atoms with E-state index in [0.29, 0.717) is 30.8 Å². The van der Waals surface area contributed by atoms with Crippen molar-refractivity contribution in [3.05, 3.63) is 36.3 Å². The quantitative estimate of drug-likeness (QED) is 0.429. The van der Waals surface area contributed by atoms with Crippen molar-refractivity contribution in [2.45, 2.75) is 57.5 Å². The van der Waals surface area contributed by atoms with E-state index in [1.807, 2.05) is 17.0 Å². The standard InChI is InChI=1S/C27H33FN8O4/c1-27(2,3)40-26(39)36-11-16(28)8-17(12-36)33-25-23-22(31-14-32-25)19(24(29)38)9-20(34-23)15-4-5-21(30-10-15)35-7-6-18(37)13-35/h4-5,9-10,14,16-18,37H,6-8,11-13H2,1-3H3,(H2,29,38)(H,31,32,33)/t16-,17-,18?/m0/s1. The number of carbonyl (C=O) groups excluding carboxylic acids is 2. The number of pyridine rings is 2. The Morgan fingerprint density at radius 2 is 1.95 bits per heavy atom. The number of aliphatic hydroxyl groups excluding tert-OH is 1. The summed E-state index contributed by atoms with van der Waals surface area (Å²) in [5.74, 6) is 0.328. The fraction of sp³-hybridized carbons (Fsp3) is 0.481. The molecule has 2 aliphatic rings. The van der Waals surface area contributed by atoms with E-state index >= 15 is 0 Å². The SMILES string of the molecule is CC(C)(C)OC(=O)N1C[C@@H](F)C[C@H](Nc2ncnc3c(C(N)=O)cc(-c4ccc(N5CCC(O)C5)nc4)nc23)C1. The number of likely N-dealkylation sites (tertiary alicyclic amines) is 1. The van der Waals surface area contributed by atoms with Crippen molar-refractivity contribution in [2.24, 2.45) is 5.73 Å². The molecule has 0 aromatic carbocycles. The third kappa shape index (κ3) is 6.03. The molecule has 3 aromatic rings. The molecule has 2 fully saturated rings. The van der Waals surface area contributed by atoms with Gasteiger partial charge in [0.2, 0.25) is 0 Å². The molecule has 3 aromatic heterocycles. The highest BCUT2D eigenvalue weighted by atomic mass is 19.1. The van der Waals surface area contributed by atoms with Crippen LogP contribution in [0, 0.1) is 0 Å². The summed E-state index contributed by atoms with van der Waals surface area (Å²) in [4.78, 5) is 46.2. The van der Waals surface area contributed by atoms with E-state index in [9.17, 15) is 19.1 Å². The second-order valence-electron chi connectivity index (χ2n) is 11.2. The van der Waals surface area contributed by atoms with Crippen molar-refractivity contribution in [1.29, 1.82) is 0 Å². The zero-order valence-corrected chi connectivity index (χ0v) is 22.7. The zero-order chi connectivity index (χ0) is 28.6. The summed E-state index contributed by atoms with van der Waals surface area (Å²) in [6, 6.07) is 4.73. The van der Waals surface area contributed by atoms with Crippen molar-refractivity contribution in [2.75, 3.05) is 36.4 Å². The molecule has 0 bridgehead atoms. The van der Waals surface area contributed by atoms with E-state index in [-0.39, 0.29) is 48.0 Å². The van der Waals surface area contributed by atoms with Gasteiger partial charge in [-0.3, -0.25) is 4.79 Å². The van der Waals surface area contributed by atoms with Crippen molar-refractivity contribution in [3.63, 3.8) is 0 Å². The lowest BCUT2D eigenvalue weighted by atomic mass is 10.0. The Bertz CT molecular complexity index is 1410. The molecular formula is C27H33FN8O4. The third-order valence-corrected chi connectivity index (χ3v) is 6.78. The molecule has 4 N–H and O–H groups in total. The fourth-order valence-corrected chi connectivity index (χ4v) is 4.97. The molecule has 5 heterocycles. The Labute approximate surface area is 230 Å². The maximum absolute atomic E-state index is 14.7. The number of hydrogen-bond acceptors (Lipinski definition) is 10. The number of halogens is 1. The summed E-state index contributed by atoms with van der Waals surface area (Å²) in [7, 11) is 0. The summed E-state index contributed by atoms with van der Waals surface area (Å²) in [5, 5.41) is 13.0. The lowest BCUT2D eigenvalue weighted by Gasteiger charge is -2.36. The third-order valence-electron chi connectivity index (χ3n) is 6.78. The number of aliphatic hydroxyl groups is 1. The van der Waals surface area contributed by atoms with Crippen LogP contribution in [0.1, 0.15) is 44.0 Å². The van der Waals surface area contributed by atoms with Crippen LogP contribution in [0.4, 0.5) is 20.8 Å². The number of primary amides is 1. The van der Waals surface area contributed by atoms with Gasteiger partial charge in [0, 0.05) is 43.9 Å². The van der Waals surface area contributed by atoms with E-state index in [2.05, 4.69) is 20.3 Å². The van der Waals surface area contributed by atoms with E-state index in [1.165, 1.54) is 11.2 Å². The van der Waals surface area contributed by atoms with Gasteiger partial charge in [-0.15, -0.1) is 0 Å². The number of nitrogens with zero attached hydrogens (tertiary/aromatic N) is 6. The number of β-amino-alcohol motifs (C(OH)–C–C–N with tert-alkyl or cyclic N) is 1. The summed E-state index contributed by atoms with van der Waals surface area (Å²) >= 11 is 0. The number of anilines is 2. The Morgan fingerprint density at radius 3 is 2.60 bits per heavy atom. The number of amides is 2. The number of nitrogens with one attached hydrogen (secondary N) is 1. The topological polar surface area (TPSA) is 160 Å². The van der Waals surface area contributed by atoms with Gasteiger partial charge < -0.3 is 30.7 Å². The molecule has 1 unspecified atom stereocenters. The highest BCUT2D eigenvalue weighted by Crippen LogP contribution is 2.29. The van der Waals surface area contributed by atoms with Gasteiger partial charge in [-0.05, 0) is 45.4 Å². The lowest BCUT2D eigenvalue weighted by Crippen LogP contribution is -2.51. The summed E-state index contributed by atoms with van der Waals surface area (Å²) in [5.41, 5.74) is 6.75. The maximum atomic E-state index is 14.7. The average Bonchev–Trinajstić information content (AvgIpc) is 3.33. The molecule has 2 aliphatic heterocycles. The van der Waals surface area contributed by atoms with Gasteiger partial charge >= 0.3 is 6.09 Å². The molecular weight excluding hydrogens is 519 g/mol. The van der Waals surface area contributed by atoms with Gasteiger partial charge in [-0.25, -0.2) is 29.1 Å². The van der Waals surface area contributed by atoms with E-state index in [4.69, 9.17) is 15.5 Å². The number of alkyl halides is 1. The number of nitrogens with two attached hydrogens (primary N) is 1. The van der Waals surface area contributed by atoms with E-state index < -0.39 is 29.8 Å². The molecule has 0 aliphatic carbocycles. The van der Waals surface area contributed by atoms with Crippen LogP contribution in [0.15, 0.2) is 30.7 Å². The summed E-state index contributed by atoms with van der Waals surface area (Å²) in [6.07, 6.45) is 1.52. The molecule has 5 rings (SSSR count). The van der Waals surface area contributed by atoms with Crippen molar-refractivity contribution in [1.82, 2.24) is 24.8 Å². The molecule has 3 atom stereocenters. The highest BCUT2D eigenvalue weighted by molar-refractivity contribution is 6.06. The van der Waals surface area contributed by atoms with Crippen molar-refractivity contribution < 1.29 is 23.8 Å². The van der Waals surface area contributed by atoms with Crippen LogP contribution in [-0.4, -0.2) is 92.0 Å². The molecule has 0 spiro atoms. The molecule has 212 valence electrons. The maximum Gasteiger partial charge on any atom is 0.410 e. The predicted molar refractivity (Wildman–Crippen MR) is 147 cm³/mol. The molecule has 12 nitrogen and oxygen atoms in total. The number of rotatable bonds is 5. The number of fused-ring (bicyclic) bond motifs is 1. The van der Waals surface area contributed by atoms with Crippen molar-refractivity contribution >= 4 is 34.7 Å². The van der Waals surface area contributed by atoms with Gasteiger partial charge in [-0.1, -0.05) is 0 Å². The van der Waals surface area contributed by atoms with Gasteiger partial charge in [0.25, 0.3) is 5.91 Å². The van der Waals surface area contributed by atoms with Crippen LogP contribution in [-0.2, 0) is 4.74 Å². The number of piperidine rings is 1. The predicted octanol–water partition coefficient (Wildman–Crippen LogP) is 2.52. The Hall–Kier alpha value is -4.13. The van der Waals surface area contributed by atoms with Gasteiger partial charge in [0.1, 0.15) is 35.0 Å². The van der Waals surface area contributed by atoms with Crippen LogP contribution in [0.5, 0.6) is 0 Å². The molecule has 0 radical (unpaired) electrons. The molecule has 2 saturated heterocycles. The minimum atomic E-state index is -1.27. The Balaban J connectivity index is 1.45. The fourth-order valence-electron chi connectivity index (χ4n) is 4.97. The van der Waals surface area contributed by atoms with Crippen molar-refractivity contribution in [3.8, 4) is 11.3 Å². The van der Waals surface area contributed by atoms with Crippen LogP contribution in [0.3, 0.4) is 0 Å².